The maximum absolute atomic E-state index is 12.0. The average Bonchev–Trinajstić information content (AvgIpc) is 3.08. The molecule has 1 aliphatic heterocycles. The Bertz CT molecular complexity index is 539. The Labute approximate surface area is 143 Å². The van der Waals surface area contributed by atoms with Crippen molar-refractivity contribution in [3.63, 3.8) is 0 Å². The van der Waals surface area contributed by atoms with E-state index in [2.05, 4.69) is 16.0 Å². The lowest BCUT2D eigenvalue weighted by molar-refractivity contribution is -0.115. The van der Waals surface area contributed by atoms with Gasteiger partial charge in [-0.1, -0.05) is 6.92 Å². The molecular formula is C18H27N3O3. The Morgan fingerprint density at radius 3 is 2.67 bits per heavy atom. The van der Waals surface area contributed by atoms with Gasteiger partial charge in [0.25, 0.3) is 5.91 Å². The van der Waals surface area contributed by atoms with Gasteiger partial charge in [-0.05, 0) is 50.5 Å². The Morgan fingerprint density at radius 1 is 1.29 bits per heavy atom. The normalized spacial score (nSPS) is 18.2. The van der Waals surface area contributed by atoms with Crippen LogP contribution in [0.5, 0.6) is 0 Å². The summed E-state index contributed by atoms with van der Waals surface area (Å²) in [6, 6.07) is 7.06. The summed E-state index contributed by atoms with van der Waals surface area (Å²) in [4.78, 5) is 23.9. The molecule has 132 valence electrons. The van der Waals surface area contributed by atoms with E-state index in [-0.39, 0.29) is 30.5 Å². The number of benzene rings is 1. The van der Waals surface area contributed by atoms with E-state index in [0.717, 1.165) is 25.9 Å². The molecule has 1 heterocycles. The van der Waals surface area contributed by atoms with Crippen molar-refractivity contribution in [2.24, 2.45) is 0 Å². The van der Waals surface area contributed by atoms with Crippen LogP contribution in [0, 0.1) is 0 Å². The second-order valence-electron chi connectivity index (χ2n) is 6.17. The smallest absolute Gasteiger partial charge is 0.251 e. The maximum Gasteiger partial charge on any atom is 0.251 e. The van der Waals surface area contributed by atoms with Gasteiger partial charge >= 0.3 is 0 Å². The highest BCUT2D eigenvalue weighted by Crippen LogP contribution is 2.11. The second kappa shape index (κ2) is 9.39. The van der Waals surface area contributed by atoms with Crippen molar-refractivity contribution in [3.05, 3.63) is 29.8 Å². The lowest BCUT2D eigenvalue weighted by Gasteiger charge is -2.12. The molecule has 0 saturated carbocycles. The number of rotatable bonds is 8. The lowest BCUT2D eigenvalue weighted by atomic mass is 10.1. The van der Waals surface area contributed by atoms with Crippen LogP contribution in [0.3, 0.4) is 0 Å². The third-order valence-corrected chi connectivity index (χ3v) is 4.10. The predicted octanol–water partition coefficient (Wildman–Crippen LogP) is 1.92. The fraction of sp³-hybridized carbons (Fsp3) is 0.556. The van der Waals surface area contributed by atoms with Crippen molar-refractivity contribution in [3.8, 4) is 0 Å². The molecule has 2 unspecified atom stereocenters. The first-order valence-electron chi connectivity index (χ1n) is 8.61. The van der Waals surface area contributed by atoms with Crippen LogP contribution in [-0.2, 0) is 9.53 Å². The summed E-state index contributed by atoms with van der Waals surface area (Å²) in [6.45, 7) is 5.75. The zero-order valence-corrected chi connectivity index (χ0v) is 14.4. The van der Waals surface area contributed by atoms with Crippen molar-refractivity contribution in [1.82, 2.24) is 10.6 Å². The number of hydrogen-bond donors (Lipinski definition) is 3. The molecule has 1 fully saturated rings. The third-order valence-electron chi connectivity index (χ3n) is 4.10. The van der Waals surface area contributed by atoms with Gasteiger partial charge in [0.1, 0.15) is 0 Å². The van der Waals surface area contributed by atoms with Crippen LogP contribution in [0.2, 0.25) is 0 Å². The number of amides is 2. The van der Waals surface area contributed by atoms with Crippen LogP contribution >= 0.6 is 0 Å². The molecule has 0 bridgehead atoms. The lowest BCUT2D eigenvalue weighted by Crippen LogP contribution is -2.33. The molecule has 0 aromatic heterocycles. The second-order valence-corrected chi connectivity index (χ2v) is 6.17. The maximum atomic E-state index is 12.0. The summed E-state index contributed by atoms with van der Waals surface area (Å²) in [5.41, 5.74) is 1.27. The Morgan fingerprint density at radius 2 is 2.04 bits per heavy atom. The molecule has 1 aromatic carbocycles. The first-order valence-corrected chi connectivity index (χ1v) is 8.61. The average molecular weight is 333 g/mol. The van der Waals surface area contributed by atoms with E-state index in [1.165, 1.54) is 0 Å². The van der Waals surface area contributed by atoms with Crippen molar-refractivity contribution in [2.75, 3.05) is 25.0 Å². The van der Waals surface area contributed by atoms with Gasteiger partial charge in [0.2, 0.25) is 5.91 Å². The SMILES string of the molecule is CCC(C)NC(=O)c1ccc(NC(=O)CNCC2CCCO2)cc1. The standard InChI is InChI=1S/C18H27N3O3/c1-3-13(2)20-18(23)14-6-8-15(9-7-14)21-17(22)12-19-11-16-5-4-10-24-16/h6-9,13,16,19H,3-5,10-12H2,1-2H3,(H,20,23)(H,21,22). The van der Waals surface area contributed by atoms with Crippen LogP contribution in [0.25, 0.3) is 0 Å². The number of ether oxygens (including phenoxy) is 1. The fourth-order valence-electron chi connectivity index (χ4n) is 2.47. The molecule has 24 heavy (non-hydrogen) atoms. The molecule has 6 nitrogen and oxygen atoms in total. The first-order chi connectivity index (χ1) is 11.6. The summed E-state index contributed by atoms with van der Waals surface area (Å²) in [5.74, 6) is -0.203. The van der Waals surface area contributed by atoms with Gasteiger partial charge in [-0.15, -0.1) is 0 Å². The van der Waals surface area contributed by atoms with Gasteiger partial charge in [0, 0.05) is 30.4 Å². The monoisotopic (exact) mass is 333 g/mol. The minimum Gasteiger partial charge on any atom is -0.377 e. The molecule has 1 saturated heterocycles. The fourth-order valence-corrected chi connectivity index (χ4v) is 2.47. The number of hydrogen-bond acceptors (Lipinski definition) is 4. The number of nitrogens with one attached hydrogen (secondary N) is 3. The minimum absolute atomic E-state index is 0.0968. The Balaban J connectivity index is 1.74. The molecule has 0 spiro atoms. The minimum atomic E-state index is -0.107. The predicted molar refractivity (Wildman–Crippen MR) is 94.1 cm³/mol. The molecular weight excluding hydrogens is 306 g/mol. The van der Waals surface area contributed by atoms with E-state index in [9.17, 15) is 9.59 Å². The molecule has 3 N–H and O–H groups in total. The van der Waals surface area contributed by atoms with Crippen LogP contribution in [0.15, 0.2) is 24.3 Å². The molecule has 0 radical (unpaired) electrons. The third kappa shape index (κ3) is 5.94. The van der Waals surface area contributed by atoms with Crippen LogP contribution in [0.4, 0.5) is 5.69 Å². The van der Waals surface area contributed by atoms with E-state index in [1.54, 1.807) is 24.3 Å². The summed E-state index contributed by atoms with van der Waals surface area (Å²) >= 11 is 0. The highest BCUT2D eigenvalue weighted by Gasteiger charge is 2.15. The van der Waals surface area contributed by atoms with Crippen molar-refractivity contribution < 1.29 is 14.3 Å². The quantitative estimate of drug-likeness (QED) is 0.679. The van der Waals surface area contributed by atoms with E-state index in [1.807, 2.05) is 13.8 Å². The molecule has 1 aliphatic rings. The zero-order valence-electron chi connectivity index (χ0n) is 14.4. The van der Waals surface area contributed by atoms with Gasteiger partial charge in [0.15, 0.2) is 0 Å². The van der Waals surface area contributed by atoms with Crippen LogP contribution in [-0.4, -0.2) is 43.7 Å². The van der Waals surface area contributed by atoms with Crippen molar-refractivity contribution in [2.45, 2.75) is 45.3 Å². The Kier molecular flexibility index (Phi) is 7.21. The van der Waals surface area contributed by atoms with E-state index < -0.39 is 0 Å². The molecule has 1 aromatic rings. The summed E-state index contributed by atoms with van der Waals surface area (Å²) in [7, 11) is 0. The van der Waals surface area contributed by atoms with E-state index >= 15 is 0 Å². The molecule has 6 heteroatoms. The summed E-state index contributed by atoms with van der Waals surface area (Å²) in [5, 5.41) is 8.83. The van der Waals surface area contributed by atoms with Crippen LogP contribution < -0.4 is 16.0 Å². The van der Waals surface area contributed by atoms with Gasteiger partial charge < -0.3 is 20.7 Å². The number of carbonyl (C=O) groups excluding carboxylic acids is 2. The summed E-state index contributed by atoms with van der Waals surface area (Å²) < 4.78 is 5.49. The molecule has 2 rings (SSSR count). The van der Waals surface area contributed by atoms with Gasteiger partial charge in [-0.25, -0.2) is 0 Å². The largest absolute Gasteiger partial charge is 0.377 e. The highest BCUT2D eigenvalue weighted by molar-refractivity contribution is 5.96. The van der Waals surface area contributed by atoms with E-state index in [4.69, 9.17) is 4.74 Å². The van der Waals surface area contributed by atoms with Crippen molar-refractivity contribution in [1.29, 1.82) is 0 Å². The molecule has 0 aliphatic carbocycles. The van der Waals surface area contributed by atoms with E-state index in [0.29, 0.717) is 17.8 Å². The number of carbonyl (C=O) groups is 2. The Hall–Kier alpha value is -1.92. The molecule has 2 atom stereocenters. The van der Waals surface area contributed by atoms with Crippen LogP contribution in [0.1, 0.15) is 43.5 Å². The summed E-state index contributed by atoms with van der Waals surface area (Å²) in [6.07, 6.45) is 3.25. The molecule has 2 amide bonds. The van der Waals surface area contributed by atoms with Crippen molar-refractivity contribution >= 4 is 17.5 Å². The van der Waals surface area contributed by atoms with Gasteiger partial charge in [-0.3, -0.25) is 9.59 Å². The van der Waals surface area contributed by atoms with Gasteiger partial charge in [-0.2, -0.15) is 0 Å². The zero-order chi connectivity index (χ0) is 17.4. The topological polar surface area (TPSA) is 79.5 Å². The highest BCUT2D eigenvalue weighted by atomic mass is 16.5. The number of anilines is 1. The first kappa shape index (κ1) is 18.4. The van der Waals surface area contributed by atoms with Gasteiger partial charge in [0.05, 0.1) is 12.6 Å².